The van der Waals surface area contributed by atoms with Crippen molar-refractivity contribution in [3.63, 3.8) is 0 Å². The molecule has 1 aromatic heterocycles. The smallest absolute Gasteiger partial charge is 0.140 e. The molecular formula is C15H19F2NO. The number of hydrogen-bond donors (Lipinski definition) is 1. The van der Waals surface area contributed by atoms with Crippen molar-refractivity contribution in [2.45, 2.75) is 46.2 Å². The van der Waals surface area contributed by atoms with Gasteiger partial charge in [0.15, 0.2) is 0 Å². The SMILES string of the molecule is CCCc1c(CNC(C)C)oc2cc(F)cc(F)c12. The molecular weight excluding hydrogens is 248 g/mol. The van der Waals surface area contributed by atoms with E-state index in [-0.39, 0.29) is 0 Å². The predicted octanol–water partition coefficient (Wildman–Crippen LogP) is 4.16. The number of fused-ring (bicyclic) bond motifs is 1. The lowest BCUT2D eigenvalue weighted by Crippen LogP contribution is -2.22. The minimum absolute atomic E-state index is 0.293. The Morgan fingerprint density at radius 1 is 1.26 bits per heavy atom. The number of benzene rings is 1. The quantitative estimate of drug-likeness (QED) is 0.880. The van der Waals surface area contributed by atoms with Crippen molar-refractivity contribution in [1.29, 1.82) is 0 Å². The lowest BCUT2D eigenvalue weighted by atomic mass is 10.1. The van der Waals surface area contributed by atoms with E-state index in [1.54, 1.807) is 0 Å². The molecule has 0 aliphatic carbocycles. The van der Waals surface area contributed by atoms with Crippen LogP contribution < -0.4 is 5.32 Å². The summed E-state index contributed by atoms with van der Waals surface area (Å²) in [6.45, 7) is 6.62. The number of hydrogen-bond acceptors (Lipinski definition) is 2. The first kappa shape index (κ1) is 14.0. The van der Waals surface area contributed by atoms with Crippen molar-refractivity contribution in [2.24, 2.45) is 0 Å². The molecule has 0 unspecified atom stereocenters. The second-order valence-electron chi connectivity index (χ2n) is 5.05. The van der Waals surface area contributed by atoms with Crippen LogP contribution in [0.15, 0.2) is 16.5 Å². The van der Waals surface area contributed by atoms with Crippen LogP contribution in [0, 0.1) is 11.6 Å². The molecule has 0 amide bonds. The summed E-state index contributed by atoms with van der Waals surface area (Å²) in [5.74, 6) is -0.446. The van der Waals surface area contributed by atoms with E-state index in [0.29, 0.717) is 29.3 Å². The molecule has 0 atom stereocenters. The lowest BCUT2D eigenvalue weighted by molar-refractivity contribution is 0.481. The minimum atomic E-state index is -0.606. The van der Waals surface area contributed by atoms with Crippen molar-refractivity contribution in [3.8, 4) is 0 Å². The molecule has 0 saturated heterocycles. The topological polar surface area (TPSA) is 25.2 Å². The number of furan rings is 1. The predicted molar refractivity (Wildman–Crippen MR) is 72.1 cm³/mol. The molecule has 0 aliphatic rings. The summed E-state index contributed by atoms with van der Waals surface area (Å²) in [6, 6.07) is 2.47. The molecule has 2 rings (SSSR count). The number of aryl methyl sites for hydroxylation is 1. The molecule has 0 spiro atoms. The molecule has 0 aliphatic heterocycles. The standard InChI is InChI=1S/C15H19F2NO/c1-4-5-11-14(8-18-9(2)3)19-13-7-10(16)6-12(17)15(11)13/h6-7,9,18H,4-5,8H2,1-3H3. The van der Waals surface area contributed by atoms with Gasteiger partial charge in [0.1, 0.15) is 23.0 Å². The highest BCUT2D eigenvalue weighted by Gasteiger charge is 2.18. The van der Waals surface area contributed by atoms with E-state index in [0.717, 1.165) is 24.5 Å². The van der Waals surface area contributed by atoms with Crippen LogP contribution in [0.2, 0.25) is 0 Å². The fourth-order valence-electron chi connectivity index (χ4n) is 2.21. The Hall–Kier alpha value is -1.42. The molecule has 1 heterocycles. The van der Waals surface area contributed by atoms with Gasteiger partial charge in [0.2, 0.25) is 0 Å². The molecule has 1 N–H and O–H groups in total. The maximum atomic E-state index is 13.9. The fourth-order valence-corrected chi connectivity index (χ4v) is 2.21. The highest BCUT2D eigenvalue weighted by Crippen LogP contribution is 2.30. The Labute approximate surface area is 111 Å². The molecule has 0 bridgehead atoms. The van der Waals surface area contributed by atoms with Gasteiger partial charge in [0.05, 0.1) is 11.9 Å². The van der Waals surface area contributed by atoms with E-state index in [2.05, 4.69) is 5.32 Å². The largest absolute Gasteiger partial charge is 0.459 e. The van der Waals surface area contributed by atoms with E-state index in [9.17, 15) is 8.78 Å². The number of rotatable bonds is 5. The van der Waals surface area contributed by atoms with Gasteiger partial charge in [-0.25, -0.2) is 8.78 Å². The first-order valence-electron chi connectivity index (χ1n) is 6.65. The molecule has 104 valence electrons. The molecule has 19 heavy (non-hydrogen) atoms. The van der Waals surface area contributed by atoms with Gasteiger partial charge in [-0.05, 0) is 6.42 Å². The first-order chi connectivity index (χ1) is 9.02. The van der Waals surface area contributed by atoms with Gasteiger partial charge in [-0.1, -0.05) is 27.2 Å². The number of nitrogens with one attached hydrogen (secondary N) is 1. The summed E-state index contributed by atoms with van der Waals surface area (Å²) >= 11 is 0. The van der Waals surface area contributed by atoms with Crippen molar-refractivity contribution in [1.82, 2.24) is 5.32 Å². The van der Waals surface area contributed by atoms with E-state index in [4.69, 9.17) is 4.42 Å². The third-order valence-corrected chi connectivity index (χ3v) is 3.06. The summed E-state index contributed by atoms with van der Waals surface area (Å²) in [6.07, 6.45) is 1.62. The van der Waals surface area contributed by atoms with Crippen LogP contribution in [-0.2, 0) is 13.0 Å². The normalized spacial score (nSPS) is 11.7. The lowest BCUT2D eigenvalue weighted by Gasteiger charge is -2.07. The second-order valence-corrected chi connectivity index (χ2v) is 5.05. The molecule has 0 radical (unpaired) electrons. The zero-order chi connectivity index (χ0) is 14.0. The van der Waals surface area contributed by atoms with Gasteiger partial charge in [-0.2, -0.15) is 0 Å². The summed E-state index contributed by atoms with van der Waals surface area (Å²) in [7, 11) is 0. The van der Waals surface area contributed by atoms with Crippen molar-refractivity contribution >= 4 is 11.0 Å². The Morgan fingerprint density at radius 2 is 2.00 bits per heavy atom. The van der Waals surface area contributed by atoms with Gasteiger partial charge < -0.3 is 9.73 Å². The molecule has 2 nitrogen and oxygen atoms in total. The van der Waals surface area contributed by atoms with Crippen molar-refractivity contribution in [3.05, 3.63) is 35.1 Å². The highest BCUT2D eigenvalue weighted by molar-refractivity contribution is 5.83. The summed E-state index contributed by atoms with van der Waals surface area (Å²) in [4.78, 5) is 0. The summed E-state index contributed by atoms with van der Waals surface area (Å²) in [5, 5.41) is 3.67. The third kappa shape index (κ3) is 2.95. The second kappa shape index (κ2) is 5.70. The van der Waals surface area contributed by atoms with Crippen LogP contribution in [0.4, 0.5) is 8.78 Å². The maximum absolute atomic E-state index is 13.9. The van der Waals surface area contributed by atoms with Crippen LogP contribution in [0.5, 0.6) is 0 Å². The van der Waals surface area contributed by atoms with Gasteiger partial charge in [0, 0.05) is 23.7 Å². The summed E-state index contributed by atoms with van der Waals surface area (Å²) in [5.41, 5.74) is 1.14. The van der Waals surface area contributed by atoms with E-state index >= 15 is 0 Å². The van der Waals surface area contributed by atoms with Crippen molar-refractivity contribution in [2.75, 3.05) is 0 Å². The average molecular weight is 267 g/mol. The highest BCUT2D eigenvalue weighted by atomic mass is 19.1. The van der Waals surface area contributed by atoms with Crippen LogP contribution in [0.3, 0.4) is 0 Å². The van der Waals surface area contributed by atoms with E-state index in [1.807, 2.05) is 20.8 Å². The molecule has 4 heteroatoms. The monoisotopic (exact) mass is 267 g/mol. The number of halogens is 2. The molecule has 0 fully saturated rings. The third-order valence-electron chi connectivity index (χ3n) is 3.06. The Morgan fingerprint density at radius 3 is 2.63 bits per heavy atom. The zero-order valence-corrected chi connectivity index (χ0v) is 11.5. The Bertz CT molecular complexity index is 575. The average Bonchev–Trinajstić information content (AvgIpc) is 2.65. The van der Waals surface area contributed by atoms with E-state index in [1.165, 1.54) is 6.07 Å². The van der Waals surface area contributed by atoms with Gasteiger partial charge in [0.25, 0.3) is 0 Å². The molecule has 1 aromatic carbocycles. The first-order valence-corrected chi connectivity index (χ1v) is 6.65. The van der Waals surface area contributed by atoms with Gasteiger partial charge in [-0.15, -0.1) is 0 Å². The zero-order valence-electron chi connectivity index (χ0n) is 11.5. The van der Waals surface area contributed by atoms with E-state index < -0.39 is 11.6 Å². The van der Waals surface area contributed by atoms with Crippen LogP contribution in [-0.4, -0.2) is 6.04 Å². The van der Waals surface area contributed by atoms with Gasteiger partial charge >= 0.3 is 0 Å². The van der Waals surface area contributed by atoms with Crippen LogP contribution in [0.1, 0.15) is 38.5 Å². The Kier molecular flexibility index (Phi) is 4.20. The molecule has 0 saturated carbocycles. The maximum Gasteiger partial charge on any atom is 0.140 e. The Balaban J connectivity index is 2.50. The summed E-state index contributed by atoms with van der Waals surface area (Å²) < 4.78 is 32.8. The fraction of sp³-hybridized carbons (Fsp3) is 0.467. The minimum Gasteiger partial charge on any atom is -0.459 e. The van der Waals surface area contributed by atoms with Gasteiger partial charge in [-0.3, -0.25) is 0 Å². The van der Waals surface area contributed by atoms with Crippen molar-refractivity contribution < 1.29 is 13.2 Å². The molecule has 2 aromatic rings. The van der Waals surface area contributed by atoms with Crippen LogP contribution in [0.25, 0.3) is 11.0 Å². The van der Waals surface area contributed by atoms with Crippen LogP contribution >= 0.6 is 0 Å².